The maximum absolute atomic E-state index is 13.5. The summed E-state index contributed by atoms with van der Waals surface area (Å²) in [7, 11) is 0. The lowest BCUT2D eigenvalue weighted by Gasteiger charge is -2.27. The smallest absolute Gasteiger partial charge is 0.272 e. The number of aromatic nitrogens is 1. The molecule has 6 heteroatoms. The molecular formula is C31H22FN3O2. The van der Waals surface area contributed by atoms with Crippen LogP contribution in [0.5, 0.6) is 5.75 Å². The fourth-order valence-electron chi connectivity index (χ4n) is 4.56. The number of fused-ring (bicyclic) bond motifs is 2. The molecule has 6 rings (SSSR count). The monoisotopic (exact) mass is 487 g/mol. The second-order valence-corrected chi connectivity index (χ2v) is 8.80. The number of ether oxygens (including phenoxy) is 1. The molecule has 0 saturated carbocycles. The summed E-state index contributed by atoms with van der Waals surface area (Å²) in [5.74, 6) is 0.0436. The molecule has 1 aromatic heterocycles. The molecule has 0 aliphatic carbocycles. The van der Waals surface area contributed by atoms with Gasteiger partial charge in [-0.3, -0.25) is 4.79 Å². The van der Waals surface area contributed by atoms with Crippen LogP contribution in [0.25, 0.3) is 22.2 Å². The summed E-state index contributed by atoms with van der Waals surface area (Å²) in [5.41, 5.74) is 7.80. The number of benzene rings is 4. The minimum absolute atomic E-state index is 0.210. The van der Waals surface area contributed by atoms with E-state index in [9.17, 15) is 9.18 Å². The molecule has 1 amide bonds. The minimum Gasteiger partial charge on any atom is -0.485 e. The Labute approximate surface area is 213 Å². The number of carbonyl (C=O) groups excluding carboxylic acids is 1. The molecule has 0 fully saturated rings. The molecule has 1 N–H and O–H groups in total. The van der Waals surface area contributed by atoms with Crippen molar-refractivity contribution in [2.24, 2.45) is 5.10 Å². The molecule has 4 aromatic carbocycles. The van der Waals surface area contributed by atoms with E-state index in [4.69, 9.17) is 4.74 Å². The van der Waals surface area contributed by atoms with Crippen molar-refractivity contribution >= 4 is 22.5 Å². The summed E-state index contributed by atoms with van der Waals surface area (Å²) in [5, 5.41) is 5.27. The normalized spacial score (nSPS) is 15.7. The molecule has 0 saturated heterocycles. The van der Waals surface area contributed by atoms with E-state index in [0.29, 0.717) is 28.6 Å². The van der Waals surface area contributed by atoms with Crippen LogP contribution < -0.4 is 10.2 Å². The van der Waals surface area contributed by atoms with E-state index >= 15 is 0 Å². The molecule has 1 atom stereocenters. The Balaban J connectivity index is 1.36. The van der Waals surface area contributed by atoms with Gasteiger partial charge in [-0.05, 0) is 54.1 Å². The summed E-state index contributed by atoms with van der Waals surface area (Å²) in [6.07, 6.45) is 0.303. The summed E-state index contributed by atoms with van der Waals surface area (Å²) in [4.78, 5) is 18.2. The lowest BCUT2D eigenvalue weighted by atomic mass is 9.96. The third-order valence-corrected chi connectivity index (χ3v) is 6.41. The minimum atomic E-state index is -0.352. The number of rotatable bonds is 4. The molecule has 37 heavy (non-hydrogen) atoms. The molecule has 1 unspecified atom stereocenters. The van der Waals surface area contributed by atoms with Crippen molar-refractivity contribution in [2.45, 2.75) is 12.5 Å². The highest BCUT2D eigenvalue weighted by Crippen LogP contribution is 2.35. The zero-order valence-electron chi connectivity index (χ0n) is 19.8. The zero-order valence-corrected chi connectivity index (χ0v) is 19.8. The van der Waals surface area contributed by atoms with Gasteiger partial charge in [0, 0.05) is 22.9 Å². The Hall–Kier alpha value is -4.84. The summed E-state index contributed by atoms with van der Waals surface area (Å²) in [6.45, 7) is 0. The third-order valence-electron chi connectivity index (χ3n) is 6.41. The van der Waals surface area contributed by atoms with Crippen LogP contribution in [0.4, 0.5) is 4.39 Å². The van der Waals surface area contributed by atoms with Gasteiger partial charge in [0.25, 0.3) is 5.91 Å². The van der Waals surface area contributed by atoms with Gasteiger partial charge < -0.3 is 4.74 Å². The van der Waals surface area contributed by atoms with Crippen molar-refractivity contribution in [1.29, 1.82) is 0 Å². The second-order valence-electron chi connectivity index (χ2n) is 8.80. The zero-order chi connectivity index (χ0) is 25.2. The van der Waals surface area contributed by atoms with Gasteiger partial charge in [0.2, 0.25) is 0 Å². The lowest BCUT2D eigenvalue weighted by Crippen LogP contribution is -2.25. The van der Waals surface area contributed by atoms with E-state index < -0.39 is 0 Å². The average Bonchev–Trinajstić information content (AvgIpc) is 2.96. The largest absolute Gasteiger partial charge is 0.485 e. The van der Waals surface area contributed by atoms with Crippen LogP contribution >= 0.6 is 0 Å². The molecule has 5 aromatic rings. The fourth-order valence-corrected chi connectivity index (χ4v) is 4.56. The van der Waals surface area contributed by atoms with Crippen LogP contribution in [0, 0.1) is 5.82 Å². The second kappa shape index (κ2) is 9.66. The Kier molecular flexibility index (Phi) is 5.91. The number of hydrazone groups is 1. The van der Waals surface area contributed by atoms with E-state index in [1.807, 2.05) is 78.9 Å². The Morgan fingerprint density at radius 3 is 2.46 bits per heavy atom. The molecule has 0 bridgehead atoms. The molecule has 5 nitrogen and oxygen atoms in total. The van der Waals surface area contributed by atoms with Gasteiger partial charge in [-0.1, -0.05) is 60.7 Å². The Morgan fingerprint density at radius 2 is 1.62 bits per heavy atom. The highest BCUT2D eigenvalue weighted by Gasteiger charge is 2.26. The fraction of sp³-hybridized carbons (Fsp3) is 0.0645. The number of hydrogen-bond donors (Lipinski definition) is 1. The highest BCUT2D eigenvalue weighted by molar-refractivity contribution is 6.09. The Morgan fingerprint density at radius 1 is 0.892 bits per heavy atom. The predicted molar refractivity (Wildman–Crippen MR) is 142 cm³/mol. The van der Waals surface area contributed by atoms with Gasteiger partial charge in [-0.2, -0.15) is 5.10 Å². The van der Waals surface area contributed by atoms with Crippen LogP contribution in [-0.4, -0.2) is 16.6 Å². The van der Waals surface area contributed by atoms with Crippen molar-refractivity contribution in [2.75, 3.05) is 0 Å². The first-order valence-electron chi connectivity index (χ1n) is 12.0. The first kappa shape index (κ1) is 22.6. The van der Waals surface area contributed by atoms with Crippen LogP contribution in [0.2, 0.25) is 0 Å². The SMILES string of the molecule is O=C(NN=C1CC(c2ccccc2)Oc2ccccc21)c1cc(-c2ccc(F)cc2)nc2ccccc12. The van der Waals surface area contributed by atoms with Crippen LogP contribution in [0.3, 0.4) is 0 Å². The van der Waals surface area contributed by atoms with Gasteiger partial charge in [-0.25, -0.2) is 14.8 Å². The molecule has 2 heterocycles. The van der Waals surface area contributed by atoms with Crippen molar-refractivity contribution in [1.82, 2.24) is 10.4 Å². The molecule has 180 valence electrons. The number of nitrogens with one attached hydrogen (secondary N) is 1. The van der Waals surface area contributed by atoms with Crippen molar-refractivity contribution in [3.63, 3.8) is 0 Å². The number of halogens is 1. The van der Waals surface area contributed by atoms with E-state index in [2.05, 4.69) is 15.5 Å². The van der Waals surface area contributed by atoms with Gasteiger partial charge in [0.15, 0.2) is 0 Å². The van der Waals surface area contributed by atoms with Crippen LogP contribution in [0.15, 0.2) is 114 Å². The highest BCUT2D eigenvalue weighted by atomic mass is 19.1. The van der Waals surface area contributed by atoms with Crippen LogP contribution in [0.1, 0.15) is 34.0 Å². The molecular weight excluding hydrogens is 465 g/mol. The van der Waals surface area contributed by atoms with Crippen molar-refractivity contribution < 1.29 is 13.9 Å². The predicted octanol–water partition coefficient (Wildman–Crippen LogP) is 6.70. The van der Waals surface area contributed by atoms with E-state index in [-0.39, 0.29) is 17.8 Å². The molecule has 1 aliphatic rings. The maximum Gasteiger partial charge on any atom is 0.272 e. The first-order valence-corrected chi connectivity index (χ1v) is 12.0. The van der Waals surface area contributed by atoms with Gasteiger partial charge in [0.05, 0.1) is 22.5 Å². The molecule has 0 spiro atoms. The number of amides is 1. The van der Waals surface area contributed by atoms with E-state index in [1.165, 1.54) is 12.1 Å². The van der Waals surface area contributed by atoms with Crippen LogP contribution in [-0.2, 0) is 0 Å². The maximum atomic E-state index is 13.5. The van der Waals surface area contributed by atoms with Crippen molar-refractivity contribution in [3.05, 3.63) is 132 Å². The number of para-hydroxylation sites is 2. The van der Waals surface area contributed by atoms with Gasteiger partial charge >= 0.3 is 0 Å². The third kappa shape index (κ3) is 4.57. The number of nitrogens with zero attached hydrogens (tertiary/aromatic N) is 2. The summed E-state index contributed by atoms with van der Waals surface area (Å²) >= 11 is 0. The van der Waals surface area contributed by atoms with E-state index in [1.54, 1.807) is 18.2 Å². The standard InChI is InChI=1S/C31H22FN3O2/c32-22-16-14-20(15-17-22)27-18-25(23-10-4-6-12-26(23)33-27)31(36)35-34-28-19-30(21-8-2-1-3-9-21)37-29-13-7-5-11-24(28)29/h1-18,30H,19H2,(H,35,36). The van der Waals surface area contributed by atoms with E-state index in [0.717, 1.165) is 28.2 Å². The topological polar surface area (TPSA) is 63.6 Å². The Bertz CT molecular complexity index is 1630. The summed E-state index contributed by atoms with van der Waals surface area (Å²) < 4.78 is 19.7. The molecule has 0 radical (unpaired) electrons. The lowest BCUT2D eigenvalue weighted by molar-refractivity contribution is 0.0956. The summed E-state index contributed by atoms with van der Waals surface area (Å²) in [6, 6.07) is 32.9. The van der Waals surface area contributed by atoms with Crippen molar-refractivity contribution in [3.8, 4) is 17.0 Å². The quantitative estimate of drug-likeness (QED) is 0.287. The number of carbonyl (C=O) groups is 1. The number of hydrogen-bond acceptors (Lipinski definition) is 4. The van der Waals surface area contributed by atoms with Gasteiger partial charge in [0.1, 0.15) is 17.7 Å². The first-order chi connectivity index (χ1) is 18.2. The average molecular weight is 488 g/mol. The number of pyridine rings is 1. The molecule has 1 aliphatic heterocycles. The van der Waals surface area contributed by atoms with Gasteiger partial charge in [-0.15, -0.1) is 0 Å².